The summed E-state index contributed by atoms with van der Waals surface area (Å²) in [5, 5.41) is 6.53. The number of piperidine rings is 1. The number of likely N-dealkylation sites (tertiary alicyclic amines) is 1. The number of benzene rings is 1. The zero-order valence-electron chi connectivity index (χ0n) is 15.7. The van der Waals surface area contributed by atoms with Crippen LogP contribution in [0.15, 0.2) is 48.8 Å². The minimum Gasteiger partial charge on any atom is -0.383 e. The molecule has 1 aliphatic rings. The van der Waals surface area contributed by atoms with Crippen molar-refractivity contribution in [2.24, 2.45) is 0 Å². The van der Waals surface area contributed by atoms with E-state index in [4.69, 9.17) is 0 Å². The Balaban J connectivity index is 1.62. The molecule has 26 heavy (non-hydrogen) atoms. The molecule has 3 rings (SSSR count). The lowest BCUT2D eigenvalue weighted by Crippen LogP contribution is -2.51. The van der Waals surface area contributed by atoms with Crippen LogP contribution in [0.5, 0.6) is 0 Å². The predicted octanol–water partition coefficient (Wildman–Crippen LogP) is 2.58. The number of aryl methyl sites for hydroxylation is 1. The summed E-state index contributed by atoms with van der Waals surface area (Å²) < 4.78 is 0. The van der Waals surface area contributed by atoms with Crippen molar-refractivity contribution in [2.75, 3.05) is 38.5 Å². The molecule has 0 bridgehead atoms. The Morgan fingerprint density at radius 3 is 2.58 bits per heavy atom. The highest BCUT2D eigenvalue weighted by Crippen LogP contribution is 2.35. The zero-order valence-corrected chi connectivity index (χ0v) is 15.7. The van der Waals surface area contributed by atoms with Crippen LogP contribution in [0.2, 0.25) is 0 Å². The normalized spacial score (nSPS) is 16.8. The first-order chi connectivity index (χ1) is 12.6. The largest absolute Gasteiger partial charge is 0.383 e. The molecular formula is C21H28N4O. The third-order valence-corrected chi connectivity index (χ3v) is 5.35. The van der Waals surface area contributed by atoms with Gasteiger partial charge >= 0.3 is 0 Å². The molecule has 0 aliphatic carbocycles. The highest BCUT2D eigenvalue weighted by Gasteiger charge is 2.41. The Bertz CT molecular complexity index is 724. The molecule has 0 saturated carbocycles. The van der Waals surface area contributed by atoms with E-state index in [2.05, 4.69) is 39.7 Å². The molecule has 1 amide bonds. The fraction of sp³-hybridized carbons (Fsp3) is 0.429. The van der Waals surface area contributed by atoms with Crippen LogP contribution < -0.4 is 10.6 Å². The molecule has 2 heterocycles. The van der Waals surface area contributed by atoms with Gasteiger partial charge in [0.1, 0.15) is 0 Å². The first-order valence-corrected chi connectivity index (χ1v) is 9.29. The summed E-state index contributed by atoms with van der Waals surface area (Å²) in [7, 11) is 2.12. The van der Waals surface area contributed by atoms with Gasteiger partial charge in [0.25, 0.3) is 0 Å². The molecular weight excluding hydrogens is 324 g/mol. The fourth-order valence-corrected chi connectivity index (χ4v) is 3.62. The summed E-state index contributed by atoms with van der Waals surface area (Å²) in [6.07, 6.45) is 5.33. The molecule has 0 atom stereocenters. The Kier molecular flexibility index (Phi) is 5.89. The molecule has 138 valence electrons. The number of rotatable bonds is 6. The lowest BCUT2D eigenvalue weighted by Gasteiger charge is -2.39. The topological polar surface area (TPSA) is 57.3 Å². The highest BCUT2D eigenvalue weighted by molar-refractivity contribution is 5.88. The van der Waals surface area contributed by atoms with E-state index >= 15 is 0 Å². The number of pyridine rings is 1. The summed E-state index contributed by atoms with van der Waals surface area (Å²) in [6.45, 7) is 5.21. The summed E-state index contributed by atoms with van der Waals surface area (Å²) in [4.78, 5) is 19.5. The molecule has 1 saturated heterocycles. The molecule has 0 unspecified atom stereocenters. The molecule has 5 heteroatoms. The van der Waals surface area contributed by atoms with Gasteiger partial charge in [0.2, 0.25) is 5.91 Å². The Labute approximate surface area is 155 Å². The van der Waals surface area contributed by atoms with Gasteiger partial charge in [0.05, 0.1) is 5.41 Å². The van der Waals surface area contributed by atoms with Gasteiger partial charge in [-0.1, -0.05) is 30.3 Å². The van der Waals surface area contributed by atoms with E-state index < -0.39 is 5.41 Å². The SMILES string of the molecule is Cc1cnccc1NCCNC(=O)C1(c2ccccc2)CCN(C)CC1. The van der Waals surface area contributed by atoms with Crippen LogP contribution in [0.4, 0.5) is 5.69 Å². The zero-order chi connectivity index (χ0) is 18.4. The van der Waals surface area contributed by atoms with E-state index in [0.717, 1.165) is 42.7 Å². The summed E-state index contributed by atoms with van der Waals surface area (Å²) >= 11 is 0. The minimum absolute atomic E-state index is 0.144. The maximum atomic E-state index is 13.1. The molecule has 1 aliphatic heterocycles. The highest BCUT2D eigenvalue weighted by atomic mass is 16.2. The van der Waals surface area contributed by atoms with Crippen molar-refractivity contribution in [1.29, 1.82) is 0 Å². The molecule has 5 nitrogen and oxygen atoms in total. The van der Waals surface area contributed by atoms with Crippen LogP contribution in [-0.4, -0.2) is 49.0 Å². The lowest BCUT2D eigenvalue weighted by molar-refractivity contribution is -0.128. The number of hydrogen-bond acceptors (Lipinski definition) is 4. The van der Waals surface area contributed by atoms with Crippen molar-refractivity contribution in [3.8, 4) is 0 Å². The number of anilines is 1. The van der Waals surface area contributed by atoms with E-state index in [-0.39, 0.29) is 5.91 Å². The first-order valence-electron chi connectivity index (χ1n) is 9.29. The van der Waals surface area contributed by atoms with Crippen molar-refractivity contribution in [1.82, 2.24) is 15.2 Å². The molecule has 2 aromatic rings. The molecule has 1 aromatic heterocycles. The van der Waals surface area contributed by atoms with Gasteiger partial charge in [0, 0.05) is 31.2 Å². The number of nitrogens with zero attached hydrogens (tertiary/aromatic N) is 2. The van der Waals surface area contributed by atoms with Crippen LogP contribution in [0.3, 0.4) is 0 Å². The quantitative estimate of drug-likeness (QED) is 0.785. The van der Waals surface area contributed by atoms with Crippen molar-refractivity contribution < 1.29 is 4.79 Å². The van der Waals surface area contributed by atoms with Crippen molar-refractivity contribution in [3.63, 3.8) is 0 Å². The number of carbonyl (C=O) groups excluding carboxylic acids is 1. The fourth-order valence-electron chi connectivity index (χ4n) is 3.62. The number of amides is 1. The summed E-state index contributed by atoms with van der Waals surface area (Å²) in [6, 6.07) is 12.2. The molecule has 1 fully saturated rings. The van der Waals surface area contributed by atoms with Crippen molar-refractivity contribution >= 4 is 11.6 Å². The predicted molar refractivity (Wildman–Crippen MR) is 105 cm³/mol. The third-order valence-electron chi connectivity index (χ3n) is 5.35. The van der Waals surface area contributed by atoms with Crippen molar-refractivity contribution in [3.05, 3.63) is 59.9 Å². The maximum Gasteiger partial charge on any atom is 0.230 e. The van der Waals surface area contributed by atoms with E-state index in [1.165, 1.54) is 0 Å². The number of carbonyl (C=O) groups is 1. The van der Waals surface area contributed by atoms with Gasteiger partial charge in [-0.05, 0) is 57.1 Å². The van der Waals surface area contributed by atoms with Crippen LogP contribution in [0.1, 0.15) is 24.0 Å². The van der Waals surface area contributed by atoms with Gasteiger partial charge in [-0.2, -0.15) is 0 Å². The van der Waals surface area contributed by atoms with Gasteiger partial charge < -0.3 is 15.5 Å². The second-order valence-electron chi connectivity index (χ2n) is 7.12. The van der Waals surface area contributed by atoms with Crippen LogP contribution >= 0.6 is 0 Å². The Morgan fingerprint density at radius 2 is 1.88 bits per heavy atom. The van der Waals surface area contributed by atoms with Gasteiger partial charge in [-0.25, -0.2) is 0 Å². The smallest absolute Gasteiger partial charge is 0.230 e. The van der Waals surface area contributed by atoms with Crippen LogP contribution in [0, 0.1) is 6.92 Å². The standard InChI is InChI=1S/C21H28N4O/c1-17-16-22-11-8-19(17)23-12-13-24-20(26)21(9-14-25(2)15-10-21)18-6-4-3-5-7-18/h3-8,11,16H,9-10,12-15H2,1-2H3,(H,22,23)(H,24,26). The third kappa shape index (κ3) is 4.05. The maximum absolute atomic E-state index is 13.1. The van der Waals surface area contributed by atoms with Crippen LogP contribution in [0.25, 0.3) is 0 Å². The monoisotopic (exact) mass is 352 g/mol. The first kappa shape index (κ1) is 18.4. The van der Waals surface area contributed by atoms with E-state index in [1.807, 2.05) is 37.4 Å². The van der Waals surface area contributed by atoms with Crippen molar-refractivity contribution in [2.45, 2.75) is 25.2 Å². The van der Waals surface area contributed by atoms with E-state index in [0.29, 0.717) is 13.1 Å². The second-order valence-corrected chi connectivity index (χ2v) is 7.12. The number of aromatic nitrogens is 1. The molecule has 1 aromatic carbocycles. The number of nitrogens with one attached hydrogen (secondary N) is 2. The van der Waals surface area contributed by atoms with Gasteiger partial charge in [-0.15, -0.1) is 0 Å². The lowest BCUT2D eigenvalue weighted by atomic mass is 9.72. The number of hydrogen-bond donors (Lipinski definition) is 2. The van der Waals surface area contributed by atoms with Gasteiger partial charge in [-0.3, -0.25) is 9.78 Å². The van der Waals surface area contributed by atoms with E-state index in [1.54, 1.807) is 6.20 Å². The molecule has 2 N–H and O–H groups in total. The van der Waals surface area contributed by atoms with E-state index in [9.17, 15) is 4.79 Å². The second kappa shape index (κ2) is 8.32. The summed E-state index contributed by atoms with van der Waals surface area (Å²) in [5.41, 5.74) is 2.88. The summed E-state index contributed by atoms with van der Waals surface area (Å²) in [5.74, 6) is 0.144. The minimum atomic E-state index is -0.416. The average Bonchev–Trinajstić information content (AvgIpc) is 2.68. The molecule has 0 spiro atoms. The Morgan fingerprint density at radius 1 is 1.15 bits per heavy atom. The Hall–Kier alpha value is -2.40. The average molecular weight is 352 g/mol. The van der Waals surface area contributed by atoms with Gasteiger partial charge in [0.15, 0.2) is 0 Å². The molecule has 0 radical (unpaired) electrons. The van der Waals surface area contributed by atoms with Crippen LogP contribution in [-0.2, 0) is 10.2 Å².